The van der Waals surface area contributed by atoms with Gasteiger partial charge in [-0.2, -0.15) is 0 Å². The molecule has 94 valence electrons. The predicted octanol–water partition coefficient (Wildman–Crippen LogP) is 4.53. The molecule has 0 aliphatic rings. The third-order valence-electron chi connectivity index (χ3n) is 2.66. The molecule has 0 fully saturated rings. The van der Waals surface area contributed by atoms with E-state index >= 15 is 0 Å². The molecule has 0 saturated heterocycles. The van der Waals surface area contributed by atoms with Crippen LogP contribution in [-0.2, 0) is 5.88 Å². The third-order valence-corrected chi connectivity index (χ3v) is 2.97. The van der Waals surface area contributed by atoms with Gasteiger partial charge < -0.3 is 9.47 Å². The van der Waals surface area contributed by atoms with Crippen LogP contribution in [0.4, 0.5) is 0 Å². The van der Waals surface area contributed by atoms with E-state index in [4.69, 9.17) is 21.1 Å². The highest BCUT2D eigenvalue weighted by atomic mass is 35.5. The van der Waals surface area contributed by atoms with Gasteiger partial charge in [-0.3, -0.25) is 0 Å². The Bertz CT molecular complexity index is 538. The molecule has 2 aromatic rings. The minimum atomic E-state index is 0.514. The number of halogens is 1. The highest BCUT2D eigenvalue weighted by Crippen LogP contribution is 2.28. The number of hydrogen-bond acceptors (Lipinski definition) is 2. The van der Waals surface area contributed by atoms with Gasteiger partial charge in [0.1, 0.15) is 17.2 Å². The maximum absolute atomic E-state index is 5.83. The summed E-state index contributed by atoms with van der Waals surface area (Å²) in [5, 5.41) is 0. The lowest BCUT2D eigenvalue weighted by Crippen LogP contribution is -1.90. The number of aryl methyl sites for hydroxylation is 1. The second-order valence-corrected chi connectivity index (χ2v) is 4.28. The molecule has 2 rings (SSSR count). The Kier molecular flexibility index (Phi) is 4.11. The smallest absolute Gasteiger partial charge is 0.131 e. The van der Waals surface area contributed by atoms with Crippen LogP contribution in [0.1, 0.15) is 11.1 Å². The number of hydrogen-bond donors (Lipinski definition) is 0. The molecular formula is C15H15ClO2. The van der Waals surface area contributed by atoms with E-state index in [-0.39, 0.29) is 0 Å². The Balaban J connectivity index is 2.22. The van der Waals surface area contributed by atoms with Crippen molar-refractivity contribution in [3.05, 3.63) is 53.6 Å². The molecule has 0 unspecified atom stereocenters. The van der Waals surface area contributed by atoms with Gasteiger partial charge in [-0.25, -0.2) is 0 Å². The molecule has 0 N–H and O–H groups in total. The molecule has 0 aromatic heterocycles. The SMILES string of the molecule is COc1cccc(Oc2ccc(CCl)cc2C)c1. The third kappa shape index (κ3) is 2.96. The van der Waals surface area contributed by atoms with Gasteiger partial charge in [0.2, 0.25) is 0 Å². The summed E-state index contributed by atoms with van der Waals surface area (Å²) in [6, 6.07) is 13.5. The first-order chi connectivity index (χ1) is 8.72. The van der Waals surface area contributed by atoms with Gasteiger partial charge in [-0.1, -0.05) is 18.2 Å². The molecule has 0 atom stereocenters. The highest BCUT2D eigenvalue weighted by molar-refractivity contribution is 6.17. The van der Waals surface area contributed by atoms with Crippen molar-refractivity contribution >= 4 is 11.6 Å². The van der Waals surface area contributed by atoms with Crippen molar-refractivity contribution in [1.82, 2.24) is 0 Å². The maximum Gasteiger partial charge on any atom is 0.131 e. The number of benzene rings is 2. The van der Waals surface area contributed by atoms with Crippen LogP contribution in [0.25, 0.3) is 0 Å². The second-order valence-electron chi connectivity index (χ2n) is 4.01. The summed E-state index contributed by atoms with van der Waals surface area (Å²) in [5.41, 5.74) is 2.16. The van der Waals surface area contributed by atoms with Crippen LogP contribution < -0.4 is 9.47 Å². The Morgan fingerprint density at radius 1 is 1.06 bits per heavy atom. The minimum absolute atomic E-state index is 0.514. The molecule has 18 heavy (non-hydrogen) atoms. The quantitative estimate of drug-likeness (QED) is 0.754. The molecule has 0 spiro atoms. The zero-order valence-electron chi connectivity index (χ0n) is 10.4. The fourth-order valence-corrected chi connectivity index (χ4v) is 1.87. The van der Waals surface area contributed by atoms with Gasteiger partial charge in [0.25, 0.3) is 0 Å². The molecule has 0 bridgehead atoms. The standard InChI is InChI=1S/C15H15ClO2/c1-11-8-12(10-16)6-7-15(11)18-14-5-3-4-13(9-14)17-2/h3-9H,10H2,1-2H3. The second kappa shape index (κ2) is 5.78. The monoisotopic (exact) mass is 262 g/mol. The van der Waals surface area contributed by atoms with E-state index in [1.54, 1.807) is 7.11 Å². The average Bonchev–Trinajstić information content (AvgIpc) is 2.41. The number of methoxy groups -OCH3 is 1. The van der Waals surface area contributed by atoms with E-state index in [2.05, 4.69) is 0 Å². The summed E-state index contributed by atoms with van der Waals surface area (Å²) in [4.78, 5) is 0. The largest absolute Gasteiger partial charge is 0.497 e. The fourth-order valence-electron chi connectivity index (χ4n) is 1.70. The Hall–Kier alpha value is -1.67. The van der Waals surface area contributed by atoms with Crippen LogP contribution in [0.15, 0.2) is 42.5 Å². The van der Waals surface area contributed by atoms with Crippen molar-refractivity contribution < 1.29 is 9.47 Å². The van der Waals surface area contributed by atoms with Gasteiger partial charge >= 0.3 is 0 Å². The summed E-state index contributed by atoms with van der Waals surface area (Å²) in [6.07, 6.45) is 0. The highest BCUT2D eigenvalue weighted by Gasteiger charge is 2.03. The molecular weight excluding hydrogens is 248 g/mol. The van der Waals surface area contributed by atoms with Crippen LogP contribution in [-0.4, -0.2) is 7.11 Å². The number of alkyl halides is 1. The molecule has 0 saturated carbocycles. The van der Waals surface area contributed by atoms with Crippen molar-refractivity contribution in [1.29, 1.82) is 0 Å². The first-order valence-electron chi connectivity index (χ1n) is 5.70. The molecule has 2 nitrogen and oxygen atoms in total. The van der Waals surface area contributed by atoms with Gasteiger partial charge in [0.15, 0.2) is 0 Å². The summed E-state index contributed by atoms with van der Waals surface area (Å²) in [6.45, 7) is 2.01. The number of ether oxygens (including phenoxy) is 2. The summed E-state index contributed by atoms with van der Waals surface area (Å²) >= 11 is 5.79. The lowest BCUT2D eigenvalue weighted by Gasteiger charge is -2.10. The van der Waals surface area contributed by atoms with Gasteiger partial charge in [-0.15, -0.1) is 11.6 Å². The van der Waals surface area contributed by atoms with Crippen LogP contribution in [0, 0.1) is 6.92 Å². The van der Waals surface area contributed by atoms with Crippen LogP contribution >= 0.6 is 11.6 Å². The first-order valence-corrected chi connectivity index (χ1v) is 6.24. The number of rotatable bonds is 4. The van der Waals surface area contributed by atoms with Gasteiger partial charge in [0.05, 0.1) is 7.11 Å². The van der Waals surface area contributed by atoms with E-state index in [1.807, 2.05) is 49.4 Å². The molecule has 2 aromatic carbocycles. The Morgan fingerprint density at radius 2 is 1.83 bits per heavy atom. The molecule has 0 heterocycles. The van der Waals surface area contributed by atoms with Crippen molar-refractivity contribution in [2.75, 3.05) is 7.11 Å². The summed E-state index contributed by atoms with van der Waals surface area (Å²) < 4.78 is 11.0. The zero-order valence-corrected chi connectivity index (χ0v) is 11.2. The molecule has 0 aliphatic heterocycles. The summed E-state index contributed by atoms with van der Waals surface area (Å²) in [7, 11) is 1.64. The fraction of sp³-hybridized carbons (Fsp3) is 0.200. The lowest BCUT2D eigenvalue weighted by molar-refractivity contribution is 0.409. The van der Waals surface area contributed by atoms with E-state index < -0.39 is 0 Å². The van der Waals surface area contributed by atoms with E-state index in [9.17, 15) is 0 Å². The topological polar surface area (TPSA) is 18.5 Å². The molecule has 0 aliphatic carbocycles. The molecule has 3 heteroatoms. The van der Waals surface area contributed by atoms with E-state index in [0.717, 1.165) is 28.4 Å². The Labute approximate surface area is 112 Å². The van der Waals surface area contributed by atoms with Crippen LogP contribution in [0.2, 0.25) is 0 Å². The predicted molar refractivity (Wildman–Crippen MR) is 73.8 cm³/mol. The maximum atomic E-state index is 5.83. The van der Waals surface area contributed by atoms with Crippen LogP contribution in [0.3, 0.4) is 0 Å². The van der Waals surface area contributed by atoms with Crippen molar-refractivity contribution in [3.8, 4) is 17.2 Å². The first kappa shape index (κ1) is 12.8. The van der Waals surface area contributed by atoms with Crippen molar-refractivity contribution in [2.45, 2.75) is 12.8 Å². The van der Waals surface area contributed by atoms with E-state index in [0.29, 0.717) is 5.88 Å². The lowest BCUT2D eigenvalue weighted by atomic mass is 10.1. The van der Waals surface area contributed by atoms with Crippen molar-refractivity contribution in [2.24, 2.45) is 0 Å². The van der Waals surface area contributed by atoms with Crippen molar-refractivity contribution in [3.63, 3.8) is 0 Å². The minimum Gasteiger partial charge on any atom is -0.497 e. The van der Waals surface area contributed by atoms with Crippen LogP contribution in [0.5, 0.6) is 17.2 Å². The van der Waals surface area contributed by atoms with Gasteiger partial charge in [-0.05, 0) is 36.2 Å². The Morgan fingerprint density at radius 3 is 2.50 bits per heavy atom. The van der Waals surface area contributed by atoms with E-state index in [1.165, 1.54) is 0 Å². The zero-order chi connectivity index (χ0) is 13.0. The molecule has 0 amide bonds. The summed E-state index contributed by atoms with van der Waals surface area (Å²) in [5.74, 6) is 2.89. The normalized spacial score (nSPS) is 10.2. The average molecular weight is 263 g/mol. The van der Waals surface area contributed by atoms with Gasteiger partial charge in [0, 0.05) is 11.9 Å². The molecule has 0 radical (unpaired) electrons.